The van der Waals surface area contributed by atoms with E-state index in [9.17, 15) is 14.4 Å². The van der Waals surface area contributed by atoms with Crippen molar-refractivity contribution < 1.29 is 14.4 Å². The van der Waals surface area contributed by atoms with Crippen molar-refractivity contribution in [2.24, 2.45) is 5.73 Å². The molecule has 1 saturated heterocycles. The van der Waals surface area contributed by atoms with Crippen molar-refractivity contribution in [1.29, 1.82) is 5.41 Å². The van der Waals surface area contributed by atoms with Crippen LogP contribution in [0.15, 0.2) is 48.8 Å². The van der Waals surface area contributed by atoms with Gasteiger partial charge in [-0.3, -0.25) is 24.8 Å². The number of nitrogens with zero attached hydrogens (tertiary/aromatic N) is 2. The molecule has 1 saturated carbocycles. The first-order chi connectivity index (χ1) is 16.4. The summed E-state index contributed by atoms with van der Waals surface area (Å²) in [6, 6.07) is 11.5. The van der Waals surface area contributed by atoms with Gasteiger partial charge in [-0.2, -0.15) is 0 Å². The third kappa shape index (κ3) is 5.24. The Morgan fingerprint density at radius 1 is 1.12 bits per heavy atom. The van der Waals surface area contributed by atoms with Crippen LogP contribution in [-0.4, -0.2) is 58.5 Å². The number of aromatic nitrogens is 1. The van der Waals surface area contributed by atoms with E-state index in [1.54, 1.807) is 4.90 Å². The van der Waals surface area contributed by atoms with Gasteiger partial charge in [0, 0.05) is 24.3 Å². The van der Waals surface area contributed by atoms with E-state index in [0.29, 0.717) is 24.6 Å². The number of rotatable bonds is 8. The lowest BCUT2D eigenvalue weighted by Gasteiger charge is -2.26. The van der Waals surface area contributed by atoms with E-state index in [1.807, 2.05) is 18.2 Å². The molecule has 178 valence electrons. The quantitative estimate of drug-likeness (QED) is 0.443. The summed E-state index contributed by atoms with van der Waals surface area (Å²) in [4.78, 5) is 43.0. The standard InChI is InChI=1S/C25H30N6O3/c26-23(24(27)33)19-10-11-28-14-20(19)29-15-22(32)31-12-4-7-21(31)25(34)30-18-9-8-17(13-18)16-5-2-1-3-6-16/h1-3,5-6,10-11,14,17-18,21,26,29H,4,7-9,12-13,15H2,(H2,27,33)(H,30,34)/t17-,18-,21-/m0/s1. The van der Waals surface area contributed by atoms with E-state index in [2.05, 4.69) is 27.8 Å². The average Bonchev–Trinajstić information content (AvgIpc) is 3.53. The number of anilines is 1. The van der Waals surface area contributed by atoms with Crippen molar-refractivity contribution >= 4 is 29.1 Å². The van der Waals surface area contributed by atoms with Crippen LogP contribution in [0, 0.1) is 5.41 Å². The first-order valence-electron chi connectivity index (χ1n) is 11.7. The molecule has 3 atom stereocenters. The van der Waals surface area contributed by atoms with Crippen molar-refractivity contribution in [3.05, 3.63) is 59.9 Å². The molecule has 1 aromatic carbocycles. The van der Waals surface area contributed by atoms with Crippen LogP contribution in [0.5, 0.6) is 0 Å². The second-order valence-corrected chi connectivity index (χ2v) is 8.89. The van der Waals surface area contributed by atoms with E-state index in [4.69, 9.17) is 11.1 Å². The molecule has 0 spiro atoms. The van der Waals surface area contributed by atoms with Gasteiger partial charge in [-0.25, -0.2) is 0 Å². The minimum absolute atomic E-state index is 0.0754. The molecule has 9 nitrogen and oxygen atoms in total. The van der Waals surface area contributed by atoms with Gasteiger partial charge in [0.2, 0.25) is 11.8 Å². The molecule has 3 amide bonds. The molecule has 5 N–H and O–H groups in total. The van der Waals surface area contributed by atoms with Gasteiger partial charge in [-0.05, 0) is 49.7 Å². The number of amides is 3. The minimum atomic E-state index is -0.863. The maximum atomic E-state index is 13.0. The van der Waals surface area contributed by atoms with E-state index >= 15 is 0 Å². The molecule has 2 aliphatic rings. The minimum Gasteiger partial charge on any atom is -0.374 e. The number of hydrogen-bond acceptors (Lipinski definition) is 6. The van der Waals surface area contributed by atoms with Crippen molar-refractivity contribution in [2.75, 3.05) is 18.4 Å². The summed E-state index contributed by atoms with van der Waals surface area (Å²) in [5.41, 5.74) is 6.82. The Kier molecular flexibility index (Phi) is 7.20. The summed E-state index contributed by atoms with van der Waals surface area (Å²) >= 11 is 0. The lowest BCUT2D eigenvalue weighted by molar-refractivity contribution is -0.137. The van der Waals surface area contributed by atoms with Crippen LogP contribution in [0.2, 0.25) is 0 Å². The Morgan fingerprint density at radius 3 is 2.68 bits per heavy atom. The summed E-state index contributed by atoms with van der Waals surface area (Å²) < 4.78 is 0. The summed E-state index contributed by atoms with van der Waals surface area (Å²) in [6.07, 6.45) is 7.18. The van der Waals surface area contributed by atoms with Gasteiger partial charge in [-0.1, -0.05) is 30.3 Å². The zero-order chi connectivity index (χ0) is 24.1. The van der Waals surface area contributed by atoms with Crippen molar-refractivity contribution in [3.8, 4) is 0 Å². The molecule has 34 heavy (non-hydrogen) atoms. The van der Waals surface area contributed by atoms with E-state index in [0.717, 1.165) is 25.7 Å². The molecule has 1 aliphatic carbocycles. The molecule has 0 bridgehead atoms. The van der Waals surface area contributed by atoms with E-state index in [-0.39, 0.29) is 35.7 Å². The Morgan fingerprint density at radius 2 is 1.91 bits per heavy atom. The molecule has 4 rings (SSSR count). The smallest absolute Gasteiger partial charge is 0.267 e. The lowest BCUT2D eigenvalue weighted by atomic mass is 9.97. The topological polar surface area (TPSA) is 141 Å². The van der Waals surface area contributed by atoms with Crippen LogP contribution in [0.4, 0.5) is 5.69 Å². The maximum Gasteiger partial charge on any atom is 0.267 e. The predicted molar refractivity (Wildman–Crippen MR) is 128 cm³/mol. The van der Waals surface area contributed by atoms with Crippen LogP contribution >= 0.6 is 0 Å². The number of carbonyl (C=O) groups is 3. The molecule has 2 heterocycles. The SMILES string of the molecule is N=C(C(N)=O)c1ccncc1NCC(=O)N1CCC[C@H]1C(=O)N[C@H]1CC[C@H](c2ccccc2)C1. The normalized spacial score (nSPS) is 21.8. The van der Waals surface area contributed by atoms with Crippen LogP contribution in [-0.2, 0) is 14.4 Å². The van der Waals surface area contributed by atoms with Gasteiger partial charge in [-0.15, -0.1) is 0 Å². The highest BCUT2D eigenvalue weighted by atomic mass is 16.2. The molecule has 0 radical (unpaired) electrons. The second kappa shape index (κ2) is 10.5. The summed E-state index contributed by atoms with van der Waals surface area (Å²) in [5, 5.41) is 14.0. The number of likely N-dealkylation sites (tertiary alicyclic amines) is 1. The second-order valence-electron chi connectivity index (χ2n) is 8.89. The Bertz CT molecular complexity index is 1070. The molecule has 1 aromatic heterocycles. The summed E-state index contributed by atoms with van der Waals surface area (Å²) in [7, 11) is 0. The number of benzene rings is 1. The fourth-order valence-corrected chi connectivity index (χ4v) is 4.93. The monoisotopic (exact) mass is 462 g/mol. The van der Waals surface area contributed by atoms with Gasteiger partial charge in [0.15, 0.2) is 0 Å². The molecule has 2 fully saturated rings. The highest BCUT2D eigenvalue weighted by molar-refractivity contribution is 6.44. The first-order valence-corrected chi connectivity index (χ1v) is 11.7. The van der Waals surface area contributed by atoms with E-state index < -0.39 is 11.9 Å². The number of hydrogen-bond donors (Lipinski definition) is 4. The average molecular weight is 463 g/mol. The van der Waals surface area contributed by atoms with Crippen molar-refractivity contribution in [3.63, 3.8) is 0 Å². The van der Waals surface area contributed by atoms with E-state index in [1.165, 1.54) is 24.0 Å². The summed E-state index contributed by atoms with van der Waals surface area (Å²) in [5.74, 6) is -0.725. The van der Waals surface area contributed by atoms with Crippen molar-refractivity contribution in [2.45, 2.75) is 50.1 Å². The molecular weight excluding hydrogens is 432 g/mol. The van der Waals surface area contributed by atoms with Crippen LogP contribution < -0.4 is 16.4 Å². The molecule has 9 heteroatoms. The highest BCUT2D eigenvalue weighted by Crippen LogP contribution is 2.34. The number of primary amides is 1. The summed E-state index contributed by atoms with van der Waals surface area (Å²) in [6.45, 7) is 0.445. The van der Waals surface area contributed by atoms with Crippen LogP contribution in [0.25, 0.3) is 0 Å². The first kappa shape index (κ1) is 23.4. The number of carbonyl (C=O) groups excluding carboxylic acids is 3. The maximum absolute atomic E-state index is 13.0. The Hall–Kier alpha value is -3.75. The predicted octanol–water partition coefficient (Wildman–Crippen LogP) is 1.79. The fraction of sp³-hybridized carbons (Fsp3) is 0.400. The number of nitrogens with two attached hydrogens (primary N) is 1. The van der Waals surface area contributed by atoms with Crippen LogP contribution in [0.1, 0.15) is 49.1 Å². The zero-order valence-electron chi connectivity index (χ0n) is 19.0. The third-order valence-corrected chi connectivity index (χ3v) is 6.69. The zero-order valence-corrected chi connectivity index (χ0v) is 19.0. The molecule has 2 aromatic rings. The molecule has 0 unspecified atom stereocenters. The van der Waals surface area contributed by atoms with Crippen LogP contribution in [0.3, 0.4) is 0 Å². The number of nitrogens with one attached hydrogen (secondary N) is 3. The molecule has 1 aliphatic heterocycles. The van der Waals surface area contributed by atoms with Gasteiger partial charge < -0.3 is 21.3 Å². The van der Waals surface area contributed by atoms with Gasteiger partial charge in [0.1, 0.15) is 11.8 Å². The van der Waals surface area contributed by atoms with Crippen molar-refractivity contribution in [1.82, 2.24) is 15.2 Å². The Balaban J connectivity index is 1.33. The highest BCUT2D eigenvalue weighted by Gasteiger charge is 2.36. The third-order valence-electron chi connectivity index (χ3n) is 6.69. The van der Waals surface area contributed by atoms with Gasteiger partial charge >= 0.3 is 0 Å². The van der Waals surface area contributed by atoms with Gasteiger partial charge in [0.05, 0.1) is 18.4 Å². The Labute approximate surface area is 198 Å². The van der Waals surface area contributed by atoms with Gasteiger partial charge in [0.25, 0.3) is 5.91 Å². The fourth-order valence-electron chi connectivity index (χ4n) is 4.93. The number of pyridine rings is 1. The largest absolute Gasteiger partial charge is 0.374 e. The lowest BCUT2D eigenvalue weighted by Crippen LogP contribution is -2.49. The molecular formula is C25H30N6O3.